The third-order valence-electron chi connectivity index (χ3n) is 5.08. The van der Waals surface area contributed by atoms with Crippen molar-refractivity contribution in [2.75, 3.05) is 13.6 Å². The average Bonchev–Trinajstić information content (AvgIpc) is 2.75. The minimum Gasteiger partial charge on any atom is -0.444 e. The minimum absolute atomic E-state index is 0.250. The highest BCUT2D eigenvalue weighted by Crippen LogP contribution is 2.36. The molecule has 6 heteroatoms. The fourth-order valence-corrected chi connectivity index (χ4v) is 3.62. The van der Waals surface area contributed by atoms with Gasteiger partial charge in [-0.2, -0.15) is 0 Å². The Bertz CT molecular complexity index is 1090. The third-order valence-corrected chi connectivity index (χ3v) is 5.08. The van der Waals surface area contributed by atoms with Crippen LogP contribution in [0.4, 0.5) is 4.79 Å². The average molecular weight is 417 g/mol. The van der Waals surface area contributed by atoms with Crippen LogP contribution in [0, 0.1) is 0 Å². The van der Waals surface area contributed by atoms with E-state index in [2.05, 4.69) is 34.3 Å². The van der Waals surface area contributed by atoms with E-state index in [-0.39, 0.29) is 5.92 Å². The number of fused-ring (bicyclic) bond motifs is 1. The molecule has 3 aromatic rings. The maximum Gasteiger partial charge on any atom is 0.410 e. The van der Waals surface area contributed by atoms with Gasteiger partial charge in [0.05, 0.1) is 6.04 Å². The van der Waals surface area contributed by atoms with Gasteiger partial charge in [-0.25, -0.2) is 4.79 Å². The largest absolute Gasteiger partial charge is 0.444 e. The summed E-state index contributed by atoms with van der Waals surface area (Å²) in [6, 6.07) is 23.5. The molecule has 0 fully saturated rings. The fourth-order valence-electron chi connectivity index (χ4n) is 3.62. The molecule has 0 unspecified atom stereocenters. The first-order chi connectivity index (χ1) is 14.8. The predicted molar refractivity (Wildman–Crippen MR) is 124 cm³/mol. The maximum absolute atomic E-state index is 12.7. The van der Waals surface area contributed by atoms with Crippen molar-refractivity contribution >= 4 is 16.9 Å². The molecular weight excluding hydrogens is 388 g/mol. The summed E-state index contributed by atoms with van der Waals surface area (Å²) in [6.45, 7) is 5.86. The number of hydrogen-bond acceptors (Lipinski definition) is 3. The monoisotopic (exact) mass is 416 g/mol. The Labute approximate surface area is 183 Å². The molecular formula is C25H28N4O2. The highest BCUT2D eigenvalue weighted by atomic mass is 16.6. The van der Waals surface area contributed by atoms with E-state index in [1.54, 1.807) is 11.9 Å². The summed E-state index contributed by atoms with van der Waals surface area (Å²) < 4.78 is 5.54. The molecule has 160 valence electrons. The SMILES string of the molecule is CN(C[C@H](c1ccc2ccccc2c1)[C@@H](N=[N+]=[N-])c1ccccc1)C(=O)OC(C)(C)C. The molecule has 2 atom stereocenters. The summed E-state index contributed by atoms with van der Waals surface area (Å²) in [5.74, 6) is -0.250. The number of ether oxygens (including phenoxy) is 1. The summed E-state index contributed by atoms with van der Waals surface area (Å²) in [5, 5.41) is 6.37. The van der Waals surface area contributed by atoms with Crippen LogP contribution in [0.3, 0.4) is 0 Å². The van der Waals surface area contributed by atoms with E-state index in [4.69, 9.17) is 4.74 Å². The summed E-state index contributed by atoms with van der Waals surface area (Å²) in [7, 11) is 1.71. The van der Waals surface area contributed by atoms with Crippen LogP contribution in [-0.2, 0) is 4.74 Å². The Hall–Kier alpha value is -3.50. The molecule has 0 radical (unpaired) electrons. The minimum atomic E-state index is -0.590. The molecule has 0 saturated heterocycles. The van der Waals surface area contributed by atoms with Crippen LogP contribution in [0.25, 0.3) is 21.2 Å². The van der Waals surface area contributed by atoms with Gasteiger partial charge in [-0.3, -0.25) is 0 Å². The fraction of sp³-hybridized carbons (Fsp3) is 0.320. The van der Waals surface area contributed by atoms with Crippen molar-refractivity contribution in [3.63, 3.8) is 0 Å². The number of carbonyl (C=O) groups is 1. The second-order valence-electron chi connectivity index (χ2n) is 8.63. The molecule has 31 heavy (non-hydrogen) atoms. The number of rotatable bonds is 6. The first-order valence-electron chi connectivity index (χ1n) is 10.3. The molecule has 0 bridgehead atoms. The van der Waals surface area contributed by atoms with Crippen molar-refractivity contribution in [1.29, 1.82) is 0 Å². The zero-order chi connectivity index (χ0) is 22.4. The first kappa shape index (κ1) is 22.2. The van der Waals surface area contributed by atoms with Crippen LogP contribution in [0.1, 0.15) is 43.9 Å². The van der Waals surface area contributed by atoms with E-state index < -0.39 is 17.7 Å². The van der Waals surface area contributed by atoms with E-state index >= 15 is 0 Å². The Morgan fingerprint density at radius 3 is 2.29 bits per heavy atom. The Kier molecular flexibility index (Phi) is 6.83. The lowest BCUT2D eigenvalue weighted by Gasteiger charge is -2.31. The normalized spacial score (nSPS) is 13.2. The van der Waals surface area contributed by atoms with Gasteiger partial charge in [-0.05, 0) is 48.2 Å². The molecule has 0 spiro atoms. The summed E-state index contributed by atoms with van der Waals surface area (Å²) in [5.41, 5.74) is 10.6. The van der Waals surface area contributed by atoms with Gasteiger partial charge in [0, 0.05) is 24.4 Å². The van der Waals surface area contributed by atoms with E-state index in [0.717, 1.165) is 21.9 Å². The maximum atomic E-state index is 12.7. The lowest BCUT2D eigenvalue weighted by Crippen LogP contribution is -2.37. The number of benzene rings is 3. The number of hydrogen-bond donors (Lipinski definition) is 0. The molecule has 6 nitrogen and oxygen atoms in total. The first-order valence-corrected chi connectivity index (χ1v) is 10.3. The zero-order valence-electron chi connectivity index (χ0n) is 18.4. The van der Waals surface area contributed by atoms with Crippen LogP contribution < -0.4 is 0 Å². The second-order valence-corrected chi connectivity index (χ2v) is 8.63. The summed E-state index contributed by atoms with van der Waals surface area (Å²) >= 11 is 0. The van der Waals surface area contributed by atoms with Gasteiger partial charge < -0.3 is 9.64 Å². The second kappa shape index (κ2) is 9.54. The zero-order valence-corrected chi connectivity index (χ0v) is 18.4. The lowest BCUT2D eigenvalue weighted by molar-refractivity contribution is 0.0284. The topological polar surface area (TPSA) is 78.3 Å². The number of nitrogens with zero attached hydrogens (tertiary/aromatic N) is 4. The number of carbonyl (C=O) groups excluding carboxylic acids is 1. The number of azide groups is 1. The van der Waals surface area contributed by atoms with E-state index in [9.17, 15) is 10.3 Å². The van der Waals surface area contributed by atoms with Gasteiger partial charge in [0.15, 0.2) is 0 Å². The smallest absolute Gasteiger partial charge is 0.410 e. The van der Waals surface area contributed by atoms with Crippen LogP contribution in [-0.4, -0.2) is 30.2 Å². The van der Waals surface area contributed by atoms with Crippen molar-refractivity contribution in [3.05, 3.63) is 94.4 Å². The molecule has 1 amide bonds. The van der Waals surface area contributed by atoms with E-state index in [1.165, 1.54) is 0 Å². The Balaban J connectivity index is 2.03. The molecule has 0 aliphatic heterocycles. The molecule has 3 rings (SSSR count). The van der Waals surface area contributed by atoms with Crippen molar-refractivity contribution < 1.29 is 9.53 Å². The van der Waals surface area contributed by atoms with Crippen LogP contribution in [0.15, 0.2) is 77.9 Å². The van der Waals surface area contributed by atoms with Crippen molar-refractivity contribution in [2.24, 2.45) is 5.11 Å². The standard InChI is InChI=1S/C25H28N4O2/c1-25(2,3)31-24(30)29(4)17-22(23(27-28-26)19-11-6-5-7-12-19)21-15-14-18-10-8-9-13-20(18)16-21/h5-16,22-23H,17H2,1-4H3/t22-,23+/m1/s1. The lowest BCUT2D eigenvalue weighted by atomic mass is 9.86. The molecule has 0 aromatic heterocycles. The quantitative estimate of drug-likeness (QED) is 0.250. The van der Waals surface area contributed by atoms with Crippen LogP contribution >= 0.6 is 0 Å². The highest BCUT2D eigenvalue weighted by molar-refractivity contribution is 5.83. The number of amides is 1. The van der Waals surface area contributed by atoms with Gasteiger partial charge >= 0.3 is 6.09 Å². The molecule has 3 aromatic carbocycles. The van der Waals surface area contributed by atoms with E-state index in [1.807, 2.05) is 69.3 Å². The molecule has 0 aliphatic carbocycles. The van der Waals surface area contributed by atoms with Gasteiger partial charge in [0.2, 0.25) is 0 Å². The molecule has 0 N–H and O–H groups in total. The molecule has 0 heterocycles. The summed E-state index contributed by atoms with van der Waals surface area (Å²) in [4.78, 5) is 17.3. The Morgan fingerprint density at radius 2 is 1.65 bits per heavy atom. The summed E-state index contributed by atoms with van der Waals surface area (Å²) in [6.07, 6.45) is -0.411. The van der Waals surface area contributed by atoms with E-state index in [0.29, 0.717) is 6.54 Å². The molecule has 0 aliphatic rings. The van der Waals surface area contributed by atoms with Gasteiger partial charge in [-0.1, -0.05) is 77.9 Å². The van der Waals surface area contributed by atoms with Gasteiger partial charge in [-0.15, -0.1) is 0 Å². The highest BCUT2D eigenvalue weighted by Gasteiger charge is 2.29. The van der Waals surface area contributed by atoms with Gasteiger partial charge in [0.1, 0.15) is 5.60 Å². The van der Waals surface area contributed by atoms with Crippen molar-refractivity contribution in [2.45, 2.75) is 38.3 Å². The van der Waals surface area contributed by atoms with Gasteiger partial charge in [0.25, 0.3) is 0 Å². The third kappa shape index (κ3) is 5.77. The van der Waals surface area contributed by atoms with Crippen LogP contribution in [0.5, 0.6) is 0 Å². The molecule has 0 saturated carbocycles. The van der Waals surface area contributed by atoms with Crippen molar-refractivity contribution in [3.8, 4) is 0 Å². The Morgan fingerprint density at radius 1 is 1.00 bits per heavy atom. The number of likely N-dealkylation sites (N-methyl/N-ethyl adjacent to an activating group) is 1. The van der Waals surface area contributed by atoms with Crippen LogP contribution in [0.2, 0.25) is 0 Å². The predicted octanol–water partition coefficient (Wildman–Crippen LogP) is 6.84. The van der Waals surface area contributed by atoms with Crippen molar-refractivity contribution in [1.82, 2.24) is 4.90 Å².